The molecule has 0 unspecified atom stereocenters. The predicted octanol–water partition coefficient (Wildman–Crippen LogP) is 4.85. The van der Waals surface area contributed by atoms with E-state index in [1.165, 1.54) is 0 Å². The van der Waals surface area contributed by atoms with Gasteiger partial charge >= 0.3 is 0 Å². The Kier molecular flexibility index (Phi) is 3.41. The summed E-state index contributed by atoms with van der Waals surface area (Å²) < 4.78 is 0. The molecular weight excluding hydrogens is 311 g/mol. The van der Waals surface area contributed by atoms with Gasteiger partial charge in [-0.05, 0) is 18.2 Å². The number of hydrogen-bond acceptors (Lipinski definition) is 3. The van der Waals surface area contributed by atoms with E-state index in [0.717, 1.165) is 28.3 Å². The van der Waals surface area contributed by atoms with Gasteiger partial charge in [-0.1, -0.05) is 34.8 Å². The van der Waals surface area contributed by atoms with Crippen LogP contribution in [0.3, 0.4) is 0 Å². The summed E-state index contributed by atoms with van der Waals surface area (Å²) in [5.74, 6) is 2.33. The van der Waals surface area contributed by atoms with Gasteiger partial charge in [-0.2, -0.15) is 11.8 Å². The highest BCUT2D eigenvalue weighted by Crippen LogP contribution is 2.34. The first-order valence-corrected chi connectivity index (χ1v) is 7.52. The highest BCUT2D eigenvalue weighted by molar-refractivity contribution is 7.98. The highest BCUT2D eigenvalue weighted by Gasteiger charge is 2.19. The van der Waals surface area contributed by atoms with Crippen molar-refractivity contribution in [1.82, 2.24) is 9.97 Å². The quantitative estimate of drug-likeness (QED) is 0.703. The molecule has 92 valence electrons. The molecule has 3 rings (SSSR count). The van der Waals surface area contributed by atoms with Crippen LogP contribution in [0, 0.1) is 0 Å². The molecule has 1 aliphatic heterocycles. The van der Waals surface area contributed by atoms with Crippen molar-refractivity contribution in [3.63, 3.8) is 0 Å². The number of halogens is 3. The second-order valence-corrected chi connectivity index (χ2v) is 6.13. The zero-order valence-electron chi connectivity index (χ0n) is 9.08. The van der Waals surface area contributed by atoms with Crippen LogP contribution in [-0.4, -0.2) is 9.97 Å². The molecule has 0 N–H and O–H groups in total. The maximum absolute atomic E-state index is 6.17. The second kappa shape index (κ2) is 4.89. The maximum atomic E-state index is 6.17. The molecule has 18 heavy (non-hydrogen) atoms. The molecule has 2 nitrogen and oxygen atoms in total. The van der Waals surface area contributed by atoms with Crippen molar-refractivity contribution in [3.05, 3.63) is 44.7 Å². The van der Waals surface area contributed by atoms with Crippen molar-refractivity contribution < 1.29 is 0 Å². The molecule has 2 heterocycles. The SMILES string of the molecule is Clc1cc(Cl)cc(-c2nc(Cl)c3c(n2)CSC3)c1. The standard InChI is InChI=1S/C12H7Cl3N2S/c13-7-1-6(2-8(14)3-7)12-16-10-5-18-4-9(10)11(15)17-12/h1-3H,4-5H2. The molecule has 1 aromatic heterocycles. The predicted molar refractivity (Wildman–Crippen MR) is 77.5 cm³/mol. The number of aromatic nitrogens is 2. The van der Waals surface area contributed by atoms with Crippen molar-refractivity contribution in [1.29, 1.82) is 0 Å². The van der Waals surface area contributed by atoms with Gasteiger partial charge in [-0.3, -0.25) is 0 Å². The lowest BCUT2D eigenvalue weighted by molar-refractivity contribution is 1.07. The molecule has 6 heteroatoms. The molecule has 0 saturated carbocycles. The van der Waals surface area contributed by atoms with E-state index in [-0.39, 0.29) is 0 Å². The van der Waals surface area contributed by atoms with E-state index in [2.05, 4.69) is 9.97 Å². The Hall–Kier alpha value is -0.480. The van der Waals surface area contributed by atoms with Gasteiger partial charge in [0.05, 0.1) is 5.69 Å². The fourth-order valence-electron chi connectivity index (χ4n) is 1.82. The Labute approximate surface area is 124 Å². The number of hydrogen-bond donors (Lipinski definition) is 0. The molecule has 1 aliphatic rings. The van der Waals surface area contributed by atoms with Crippen LogP contribution in [-0.2, 0) is 11.5 Å². The van der Waals surface area contributed by atoms with Crippen LogP contribution < -0.4 is 0 Å². The molecule has 1 aromatic carbocycles. The highest BCUT2D eigenvalue weighted by atomic mass is 35.5. The summed E-state index contributed by atoms with van der Waals surface area (Å²) in [7, 11) is 0. The van der Waals surface area contributed by atoms with Gasteiger partial charge in [0.2, 0.25) is 0 Å². The van der Waals surface area contributed by atoms with Crippen LogP contribution in [0.25, 0.3) is 11.4 Å². The van der Waals surface area contributed by atoms with Gasteiger partial charge in [0.25, 0.3) is 0 Å². The van der Waals surface area contributed by atoms with Crippen LogP contribution in [0.15, 0.2) is 18.2 Å². The zero-order valence-corrected chi connectivity index (χ0v) is 12.2. The summed E-state index contributed by atoms with van der Waals surface area (Å²) in [5.41, 5.74) is 2.83. The van der Waals surface area contributed by atoms with Gasteiger partial charge in [0, 0.05) is 32.7 Å². The number of nitrogens with zero attached hydrogens (tertiary/aromatic N) is 2. The average molecular weight is 318 g/mol. The smallest absolute Gasteiger partial charge is 0.161 e. The van der Waals surface area contributed by atoms with Gasteiger partial charge in [-0.25, -0.2) is 9.97 Å². The number of rotatable bonds is 1. The molecule has 0 atom stereocenters. The fourth-order valence-corrected chi connectivity index (χ4v) is 3.73. The molecule has 0 radical (unpaired) electrons. The Morgan fingerprint density at radius 1 is 0.944 bits per heavy atom. The first kappa shape index (κ1) is 12.5. The number of fused-ring (bicyclic) bond motifs is 1. The van der Waals surface area contributed by atoms with E-state index in [9.17, 15) is 0 Å². The molecule has 0 spiro atoms. The Bertz CT molecular complexity index is 611. The van der Waals surface area contributed by atoms with Crippen molar-refractivity contribution in [2.75, 3.05) is 0 Å². The summed E-state index contributed by atoms with van der Waals surface area (Å²) in [6.45, 7) is 0. The largest absolute Gasteiger partial charge is 0.232 e. The van der Waals surface area contributed by atoms with Crippen LogP contribution >= 0.6 is 46.6 Å². The maximum Gasteiger partial charge on any atom is 0.161 e. The van der Waals surface area contributed by atoms with Crippen molar-refractivity contribution in [2.45, 2.75) is 11.5 Å². The molecule has 0 fully saturated rings. The fraction of sp³-hybridized carbons (Fsp3) is 0.167. The topological polar surface area (TPSA) is 25.8 Å². The third-order valence-corrected chi connectivity index (χ3v) is 4.37. The van der Waals surface area contributed by atoms with Crippen LogP contribution in [0.1, 0.15) is 11.3 Å². The molecular formula is C12H7Cl3N2S. The van der Waals surface area contributed by atoms with E-state index in [1.54, 1.807) is 30.0 Å². The van der Waals surface area contributed by atoms with Crippen molar-refractivity contribution in [2.24, 2.45) is 0 Å². The number of thioether (sulfide) groups is 1. The van der Waals surface area contributed by atoms with E-state index >= 15 is 0 Å². The first-order valence-electron chi connectivity index (χ1n) is 5.23. The minimum absolute atomic E-state index is 0.524. The summed E-state index contributed by atoms with van der Waals surface area (Å²) in [4.78, 5) is 8.85. The van der Waals surface area contributed by atoms with Gasteiger partial charge < -0.3 is 0 Å². The normalized spacial score (nSPS) is 13.7. The second-order valence-electron chi connectivity index (χ2n) is 3.91. The third-order valence-electron chi connectivity index (χ3n) is 2.65. The van der Waals surface area contributed by atoms with E-state index in [0.29, 0.717) is 21.0 Å². The van der Waals surface area contributed by atoms with Crippen LogP contribution in [0.5, 0.6) is 0 Å². The first-order chi connectivity index (χ1) is 8.63. The van der Waals surface area contributed by atoms with Crippen LogP contribution in [0.4, 0.5) is 0 Å². The molecule has 2 aromatic rings. The minimum Gasteiger partial charge on any atom is -0.232 e. The van der Waals surface area contributed by atoms with Crippen molar-refractivity contribution >= 4 is 46.6 Å². The lowest BCUT2D eigenvalue weighted by Gasteiger charge is -2.06. The Morgan fingerprint density at radius 2 is 1.67 bits per heavy atom. The van der Waals surface area contributed by atoms with E-state index in [4.69, 9.17) is 34.8 Å². The van der Waals surface area contributed by atoms with E-state index < -0.39 is 0 Å². The molecule has 0 bridgehead atoms. The Balaban J connectivity index is 2.15. The summed E-state index contributed by atoms with van der Waals surface area (Å²) in [6, 6.07) is 5.25. The molecule has 0 amide bonds. The molecule has 0 saturated heterocycles. The lowest BCUT2D eigenvalue weighted by Crippen LogP contribution is -1.97. The number of benzene rings is 1. The monoisotopic (exact) mass is 316 g/mol. The summed E-state index contributed by atoms with van der Waals surface area (Å²) >= 11 is 19.9. The van der Waals surface area contributed by atoms with Gasteiger partial charge in [0.1, 0.15) is 5.15 Å². The van der Waals surface area contributed by atoms with Crippen LogP contribution in [0.2, 0.25) is 15.2 Å². The Morgan fingerprint density at radius 3 is 2.39 bits per heavy atom. The summed E-state index contributed by atoms with van der Waals surface area (Å²) in [6.07, 6.45) is 0. The van der Waals surface area contributed by atoms with Gasteiger partial charge in [-0.15, -0.1) is 0 Å². The van der Waals surface area contributed by atoms with Gasteiger partial charge in [0.15, 0.2) is 5.82 Å². The third kappa shape index (κ3) is 2.32. The summed E-state index contributed by atoms with van der Waals surface area (Å²) in [5, 5.41) is 1.65. The lowest BCUT2D eigenvalue weighted by atomic mass is 10.2. The minimum atomic E-state index is 0.524. The van der Waals surface area contributed by atoms with E-state index in [1.807, 2.05) is 0 Å². The zero-order chi connectivity index (χ0) is 12.7. The van der Waals surface area contributed by atoms with Crippen molar-refractivity contribution in [3.8, 4) is 11.4 Å². The average Bonchev–Trinajstić information content (AvgIpc) is 2.76. The molecule has 0 aliphatic carbocycles.